The zero-order valence-corrected chi connectivity index (χ0v) is 11.8. The summed E-state index contributed by atoms with van der Waals surface area (Å²) in [5.74, 6) is -0.188. The normalized spacial score (nSPS) is 11.2. The molecule has 2 aromatic carbocycles. The van der Waals surface area contributed by atoms with Gasteiger partial charge in [-0.05, 0) is 31.0 Å². The molecule has 0 bridgehead atoms. The lowest BCUT2D eigenvalue weighted by molar-refractivity contribution is 0.0955. The molecule has 2 aromatic rings. The monoisotopic (exact) mass is 266 g/mol. The molecule has 3 heteroatoms. The predicted octanol–water partition coefficient (Wildman–Crippen LogP) is 3.54. The number of carbonyl (C=O) groups is 1. The Morgan fingerprint density at radius 1 is 1.00 bits per heavy atom. The fraction of sp³-hybridized carbons (Fsp3) is 0.176. The molecule has 2 rings (SSSR count). The Balaban J connectivity index is 2.11. The van der Waals surface area contributed by atoms with Crippen LogP contribution in [0.5, 0.6) is 0 Å². The first kappa shape index (κ1) is 14.0. The van der Waals surface area contributed by atoms with E-state index in [1.807, 2.05) is 56.3 Å². The number of rotatable bonds is 4. The second-order valence-corrected chi connectivity index (χ2v) is 4.59. The van der Waals surface area contributed by atoms with Gasteiger partial charge in [0.2, 0.25) is 0 Å². The average Bonchev–Trinajstić information content (AvgIpc) is 2.49. The first-order chi connectivity index (χ1) is 9.70. The van der Waals surface area contributed by atoms with Crippen molar-refractivity contribution in [2.24, 2.45) is 5.10 Å². The van der Waals surface area contributed by atoms with Gasteiger partial charge >= 0.3 is 0 Å². The highest BCUT2D eigenvalue weighted by atomic mass is 16.2. The van der Waals surface area contributed by atoms with Crippen LogP contribution >= 0.6 is 0 Å². The molecule has 0 aliphatic heterocycles. The van der Waals surface area contributed by atoms with Crippen LogP contribution in [0.2, 0.25) is 0 Å². The number of benzene rings is 2. The van der Waals surface area contributed by atoms with Gasteiger partial charge in [0.25, 0.3) is 5.91 Å². The van der Waals surface area contributed by atoms with Crippen molar-refractivity contribution in [3.8, 4) is 0 Å². The van der Waals surface area contributed by atoms with Crippen LogP contribution < -0.4 is 5.43 Å². The number of nitrogens with zero attached hydrogens (tertiary/aromatic N) is 1. The maximum absolute atomic E-state index is 12.0. The summed E-state index contributed by atoms with van der Waals surface area (Å²) in [4.78, 5) is 12.0. The van der Waals surface area contributed by atoms with E-state index in [1.54, 1.807) is 12.1 Å². The summed E-state index contributed by atoms with van der Waals surface area (Å²) in [5.41, 5.74) is 6.25. The average molecular weight is 266 g/mol. The van der Waals surface area contributed by atoms with Gasteiger partial charge in [-0.3, -0.25) is 4.79 Å². The van der Waals surface area contributed by atoms with Crippen molar-refractivity contribution >= 4 is 11.6 Å². The van der Waals surface area contributed by atoms with Gasteiger partial charge in [0.1, 0.15) is 0 Å². The number of nitrogens with one attached hydrogen (secondary N) is 1. The van der Waals surface area contributed by atoms with Gasteiger partial charge in [0.05, 0.1) is 5.71 Å². The molecule has 0 spiro atoms. The summed E-state index contributed by atoms with van der Waals surface area (Å²) < 4.78 is 0. The lowest BCUT2D eigenvalue weighted by atomic mass is 10.1. The van der Waals surface area contributed by atoms with Crippen molar-refractivity contribution in [1.82, 2.24) is 5.43 Å². The molecule has 0 atom stereocenters. The fourth-order valence-electron chi connectivity index (χ4n) is 1.87. The molecule has 0 unspecified atom stereocenters. The van der Waals surface area contributed by atoms with E-state index in [9.17, 15) is 4.79 Å². The van der Waals surface area contributed by atoms with E-state index in [-0.39, 0.29) is 5.91 Å². The third-order valence-corrected chi connectivity index (χ3v) is 3.05. The van der Waals surface area contributed by atoms with Gasteiger partial charge in [0, 0.05) is 5.56 Å². The van der Waals surface area contributed by atoms with Gasteiger partial charge in [-0.2, -0.15) is 5.10 Å². The van der Waals surface area contributed by atoms with Crippen LogP contribution in [0.3, 0.4) is 0 Å². The Morgan fingerprint density at radius 3 is 2.25 bits per heavy atom. The Morgan fingerprint density at radius 2 is 1.65 bits per heavy atom. The minimum Gasteiger partial charge on any atom is -0.267 e. The van der Waals surface area contributed by atoms with Crippen LogP contribution in [0.1, 0.15) is 34.8 Å². The van der Waals surface area contributed by atoms with E-state index in [4.69, 9.17) is 0 Å². The smallest absolute Gasteiger partial charge is 0.267 e. The Labute approximate surface area is 119 Å². The molecule has 0 radical (unpaired) electrons. The number of amides is 1. The molecule has 0 saturated carbocycles. The molecule has 0 fully saturated rings. The van der Waals surface area contributed by atoms with Crippen LogP contribution in [-0.2, 0) is 0 Å². The summed E-state index contributed by atoms with van der Waals surface area (Å²) in [6.45, 7) is 4.01. The minimum atomic E-state index is -0.188. The third kappa shape index (κ3) is 3.54. The van der Waals surface area contributed by atoms with E-state index in [1.165, 1.54) is 0 Å². The molecule has 1 amide bonds. The Kier molecular flexibility index (Phi) is 4.66. The fourth-order valence-corrected chi connectivity index (χ4v) is 1.87. The Hall–Kier alpha value is -2.42. The molecular formula is C17H18N2O. The van der Waals surface area contributed by atoms with E-state index in [0.29, 0.717) is 5.56 Å². The van der Waals surface area contributed by atoms with Crippen LogP contribution in [-0.4, -0.2) is 11.6 Å². The first-order valence-electron chi connectivity index (χ1n) is 6.69. The second-order valence-electron chi connectivity index (χ2n) is 4.59. The van der Waals surface area contributed by atoms with Crippen LogP contribution in [0.4, 0.5) is 0 Å². The zero-order valence-electron chi connectivity index (χ0n) is 11.8. The van der Waals surface area contributed by atoms with Gasteiger partial charge in [-0.1, -0.05) is 55.0 Å². The second kappa shape index (κ2) is 6.66. The maximum atomic E-state index is 12.0. The van der Waals surface area contributed by atoms with Crippen LogP contribution in [0.25, 0.3) is 0 Å². The molecule has 102 valence electrons. The van der Waals surface area contributed by atoms with Crippen molar-refractivity contribution in [2.45, 2.75) is 20.3 Å². The quantitative estimate of drug-likeness (QED) is 0.667. The summed E-state index contributed by atoms with van der Waals surface area (Å²) in [5, 5.41) is 4.23. The molecule has 3 nitrogen and oxygen atoms in total. The predicted molar refractivity (Wildman–Crippen MR) is 81.9 cm³/mol. The molecule has 0 heterocycles. The van der Waals surface area contributed by atoms with E-state index < -0.39 is 0 Å². The summed E-state index contributed by atoms with van der Waals surface area (Å²) in [6.07, 6.45) is 0.762. The first-order valence-corrected chi connectivity index (χ1v) is 6.69. The largest absolute Gasteiger partial charge is 0.271 e. The molecule has 0 aliphatic rings. The third-order valence-electron chi connectivity index (χ3n) is 3.05. The van der Waals surface area contributed by atoms with Crippen LogP contribution in [0.15, 0.2) is 59.7 Å². The number of hydrazone groups is 1. The Bertz CT molecular complexity index is 601. The number of aryl methyl sites for hydroxylation is 1. The van der Waals surface area contributed by atoms with Crippen molar-refractivity contribution in [3.63, 3.8) is 0 Å². The number of hydrogen-bond acceptors (Lipinski definition) is 2. The zero-order chi connectivity index (χ0) is 14.4. The summed E-state index contributed by atoms with van der Waals surface area (Å²) in [6, 6.07) is 17.3. The van der Waals surface area contributed by atoms with Crippen molar-refractivity contribution < 1.29 is 4.79 Å². The molecular weight excluding hydrogens is 248 g/mol. The highest BCUT2D eigenvalue weighted by Gasteiger charge is 2.05. The maximum Gasteiger partial charge on any atom is 0.271 e. The van der Waals surface area contributed by atoms with Gasteiger partial charge in [-0.25, -0.2) is 5.43 Å². The highest BCUT2D eigenvalue weighted by molar-refractivity contribution is 6.02. The number of carbonyl (C=O) groups excluding carboxylic acids is 1. The lowest BCUT2D eigenvalue weighted by Crippen LogP contribution is -2.19. The number of hydrogen-bond donors (Lipinski definition) is 1. The van der Waals surface area contributed by atoms with Crippen molar-refractivity contribution in [2.75, 3.05) is 0 Å². The molecule has 1 N–H and O–H groups in total. The SMILES string of the molecule is CC/C(=N/NC(=O)c1ccc(C)cc1)c1ccccc1. The van der Waals surface area contributed by atoms with E-state index in [2.05, 4.69) is 10.5 Å². The van der Waals surface area contributed by atoms with Crippen molar-refractivity contribution in [1.29, 1.82) is 0 Å². The van der Waals surface area contributed by atoms with Crippen molar-refractivity contribution in [3.05, 3.63) is 71.3 Å². The summed E-state index contributed by atoms with van der Waals surface area (Å²) in [7, 11) is 0. The minimum absolute atomic E-state index is 0.188. The van der Waals surface area contributed by atoms with E-state index >= 15 is 0 Å². The van der Waals surface area contributed by atoms with Gasteiger partial charge in [-0.15, -0.1) is 0 Å². The summed E-state index contributed by atoms with van der Waals surface area (Å²) >= 11 is 0. The highest BCUT2D eigenvalue weighted by Crippen LogP contribution is 2.05. The van der Waals surface area contributed by atoms with Crippen LogP contribution in [0, 0.1) is 6.92 Å². The molecule has 20 heavy (non-hydrogen) atoms. The topological polar surface area (TPSA) is 41.5 Å². The lowest BCUT2D eigenvalue weighted by Gasteiger charge is -2.05. The molecule has 0 saturated heterocycles. The standard InChI is InChI=1S/C17H18N2O/c1-3-16(14-7-5-4-6-8-14)18-19-17(20)15-11-9-13(2)10-12-15/h4-12H,3H2,1-2H3,(H,19,20)/b18-16-. The molecule has 0 aliphatic carbocycles. The van der Waals surface area contributed by atoms with Gasteiger partial charge in [0.15, 0.2) is 0 Å². The van der Waals surface area contributed by atoms with E-state index in [0.717, 1.165) is 23.3 Å². The van der Waals surface area contributed by atoms with Gasteiger partial charge < -0.3 is 0 Å². The molecule has 0 aromatic heterocycles.